The highest BCUT2D eigenvalue weighted by molar-refractivity contribution is 9.10. The van der Waals surface area contributed by atoms with Crippen LogP contribution < -0.4 is 10.6 Å². The Hall–Kier alpha value is -3.92. The molecule has 2 atom stereocenters. The van der Waals surface area contributed by atoms with Crippen LogP contribution >= 0.6 is 27.3 Å². The molecule has 0 bridgehead atoms. The normalized spacial score (nSPS) is 16.6. The minimum Gasteiger partial charge on any atom is -0.309 e. The SMILES string of the molecule is CC1C=c2c(c3cc(Br)c4sc5cc(-c6ccccc6)ccc5c4c3n2-c2ccccc2)=CC1c1ccccc1. The molecular weight excluding hydrogens is 570 g/mol. The second-order valence-corrected chi connectivity index (χ2v) is 12.6. The third-order valence-electron chi connectivity index (χ3n) is 8.34. The zero-order chi connectivity index (χ0) is 26.8. The molecule has 1 aliphatic carbocycles. The Balaban J connectivity index is 1.51. The summed E-state index contributed by atoms with van der Waals surface area (Å²) >= 11 is 5.88. The summed E-state index contributed by atoms with van der Waals surface area (Å²) in [6.07, 6.45) is 5.00. The van der Waals surface area contributed by atoms with E-state index in [2.05, 4.69) is 155 Å². The van der Waals surface area contributed by atoms with Crippen molar-refractivity contribution >= 4 is 70.5 Å². The fraction of sp³-hybridized carbons (Fsp3) is 0.0811. The van der Waals surface area contributed by atoms with Crippen molar-refractivity contribution in [1.29, 1.82) is 0 Å². The molecule has 2 aromatic heterocycles. The quantitative estimate of drug-likeness (QED) is 0.192. The van der Waals surface area contributed by atoms with E-state index < -0.39 is 0 Å². The summed E-state index contributed by atoms with van der Waals surface area (Å²) in [6.45, 7) is 2.35. The van der Waals surface area contributed by atoms with E-state index in [4.69, 9.17) is 0 Å². The van der Waals surface area contributed by atoms with Crippen molar-refractivity contribution in [3.8, 4) is 16.8 Å². The van der Waals surface area contributed by atoms with Crippen LogP contribution in [0.15, 0.2) is 120 Å². The van der Waals surface area contributed by atoms with E-state index in [9.17, 15) is 0 Å². The van der Waals surface area contributed by atoms with E-state index in [1.807, 2.05) is 11.3 Å². The topological polar surface area (TPSA) is 4.93 Å². The van der Waals surface area contributed by atoms with Gasteiger partial charge in [-0.1, -0.05) is 110 Å². The number of rotatable bonds is 3. The van der Waals surface area contributed by atoms with Crippen molar-refractivity contribution in [3.05, 3.63) is 136 Å². The molecule has 0 aliphatic heterocycles. The van der Waals surface area contributed by atoms with Gasteiger partial charge in [0.05, 0.1) is 15.6 Å². The Bertz CT molecular complexity index is 2170. The van der Waals surface area contributed by atoms with Crippen LogP contribution in [0.25, 0.3) is 60.0 Å². The van der Waals surface area contributed by atoms with Gasteiger partial charge in [-0.05, 0) is 62.8 Å². The Labute approximate surface area is 245 Å². The number of hydrogen-bond donors (Lipinski definition) is 0. The van der Waals surface area contributed by atoms with Gasteiger partial charge in [0.15, 0.2) is 0 Å². The number of aromatic nitrogens is 1. The molecule has 0 saturated carbocycles. The first kappa shape index (κ1) is 23.9. The van der Waals surface area contributed by atoms with Gasteiger partial charge in [-0.2, -0.15) is 0 Å². The molecule has 7 aromatic rings. The first-order valence-electron chi connectivity index (χ1n) is 13.8. The van der Waals surface area contributed by atoms with Gasteiger partial charge in [-0.15, -0.1) is 11.3 Å². The molecule has 3 heteroatoms. The molecule has 8 rings (SSSR count). The van der Waals surface area contributed by atoms with Crippen molar-refractivity contribution in [1.82, 2.24) is 4.57 Å². The van der Waals surface area contributed by atoms with Crippen LogP contribution in [-0.4, -0.2) is 4.57 Å². The highest BCUT2D eigenvalue weighted by Crippen LogP contribution is 2.44. The molecule has 0 spiro atoms. The third-order valence-corrected chi connectivity index (χ3v) is 10.4. The maximum Gasteiger partial charge on any atom is 0.0634 e. The van der Waals surface area contributed by atoms with Crippen molar-refractivity contribution in [2.24, 2.45) is 5.92 Å². The zero-order valence-electron chi connectivity index (χ0n) is 22.0. The predicted octanol–water partition coefficient (Wildman–Crippen LogP) is 9.42. The van der Waals surface area contributed by atoms with E-state index in [0.717, 1.165) is 4.47 Å². The minimum atomic E-state index is 0.339. The molecule has 1 aliphatic rings. The predicted molar refractivity (Wildman–Crippen MR) is 176 cm³/mol. The number of halogens is 1. The summed E-state index contributed by atoms with van der Waals surface area (Å²) in [6, 6.07) is 41.8. The molecule has 2 unspecified atom stereocenters. The van der Waals surface area contributed by atoms with Crippen LogP contribution in [0.1, 0.15) is 18.4 Å². The molecule has 0 N–H and O–H groups in total. The van der Waals surface area contributed by atoms with Gasteiger partial charge >= 0.3 is 0 Å². The van der Waals surface area contributed by atoms with Crippen LogP contribution in [0, 0.1) is 5.92 Å². The van der Waals surface area contributed by atoms with E-state index in [1.165, 1.54) is 64.0 Å². The number of benzene rings is 5. The molecule has 0 amide bonds. The Morgan fingerprint density at radius 1 is 0.700 bits per heavy atom. The minimum absolute atomic E-state index is 0.339. The van der Waals surface area contributed by atoms with Gasteiger partial charge in [-0.3, -0.25) is 0 Å². The molecule has 5 aromatic carbocycles. The van der Waals surface area contributed by atoms with Crippen molar-refractivity contribution in [2.75, 3.05) is 0 Å². The Morgan fingerprint density at radius 3 is 2.15 bits per heavy atom. The summed E-state index contributed by atoms with van der Waals surface area (Å²) in [7, 11) is 0. The van der Waals surface area contributed by atoms with E-state index >= 15 is 0 Å². The van der Waals surface area contributed by atoms with Crippen LogP contribution in [0.4, 0.5) is 0 Å². The van der Waals surface area contributed by atoms with Gasteiger partial charge in [-0.25, -0.2) is 0 Å². The van der Waals surface area contributed by atoms with Crippen LogP contribution in [0.2, 0.25) is 0 Å². The second-order valence-electron chi connectivity index (χ2n) is 10.7. The maximum absolute atomic E-state index is 4.00. The van der Waals surface area contributed by atoms with Crippen molar-refractivity contribution in [3.63, 3.8) is 0 Å². The summed E-state index contributed by atoms with van der Waals surface area (Å²) in [5.41, 5.74) is 6.37. The number of thiophene rings is 1. The lowest BCUT2D eigenvalue weighted by molar-refractivity contribution is 0.690. The standard InChI is InChI=1S/C37H26BrNS/c1-23-19-33-30(21-29(23)25-13-7-3-8-14-25)31-22-32(38)37-35(36(31)39(33)27-15-9-4-10-16-27)28-18-17-26(20-34(28)40-37)24-11-5-2-6-12-24/h2-23,29H,1H3. The molecule has 0 fully saturated rings. The molecule has 40 heavy (non-hydrogen) atoms. The summed E-state index contributed by atoms with van der Waals surface area (Å²) in [4.78, 5) is 0. The molecule has 1 nitrogen and oxygen atoms in total. The summed E-state index contributed by atoms with van der Waals surface area (Å²) < 4.78 is 6.28. The Morgan fingerprint density at radius 2 is 1.40 bits per heavy atom. The largest absolute Gasteiger partial charge is 0.309 e. The fourth-order valence-electron chi connectivity index (χ4n) is 6.47. The molecule has 192 valence electrons. The number of nitrogens with zero attached hydrogens (tertiary/aromatic N) is 1. The average molecular weight is 597 g/mol. The zero-order valence-corrected chi connectivity index (χ0v) is 24.4. The van der Waals surface area contributed by atoms with Gasteiger partial charge in [0, 0.05) is 42.2 Å². The summed E-state index contributed by atoms with van der Waals surface area (Å²) in [5.74, 6) is 0.721. The van der Waals surface area contributed by atoms with Gasteiger partial charge < -0.3 is 4.57 Å². The van der Waals surface area contributed by atoms with Crippen molar-refractivity contribution in [2.45, 2.75) is 12.8 Å². The number of hydrogen-bond acceptors (Lipinski definition) is 1. The lowest BCUT2D eigenvalue weighted by Gasteiger charge is -2.21. The van der Waals surface area contributed by atoms with Crippen LogP contribution in [-0.2, 0) is 0 Å². The molecule has 0 saturated heterocycles. The van der Waals surface area contributed by atoms with Gasteiger partial charge in [0.2, 0.25) is 0 Å². The second kappa shape index (κ2) is 9.33. The average Bonchev–Trinajstić information content (AvgIpc) is 3.53. The fourth-order valence-corrected chi connectivity index (χ4v) is 8.29. The summed E-state index contributed by atoms with van der Waals surface area (Å²) in [5, 5.41) is 6.56. The smallest absolute Gasteiger partial charge is 0.0634 e. The first-order valence-corrected chi connectivity index (χ1v) is 15.4. The number of fused-ring (bicyclic) bond motifs is 7. The van der Waals surface area contributed by atoms with E-state index in [1.54, 1.807) is 0 Å². The molecule has 0 radical (unpaired) electrons. The lowest BCUT2D eigenvalue weighted by atomic mass is 9.83. The highest BCUT2D eigenvalue weighted by Gasteiger charge is 2.24. The maximum atomic E-state index is 4.00. The van der Waals surface area contributed by atoms with Gasteiger partial charge in [0.25, 0.3) is 0 Å². The lowest BCUT2D eigenvalue weighted by Crippen LogP contribution is -2.34. The first-order chi connectivity index (χ1) is 19.7. The van der Waals surface area contributed by atoms with E-state index in [-0.39, 0.29) is 0 Å². The van der Waals surface area contributed by atoms with Crippen LogP contribution in [0.5, 0.6) is 0 Å². The van der Waals surface area contributed by atoms with Crippen LogP contribution in [0.3, 0.4) is 0 Å². The molecular formula is C37H26BrNS. The molecule has 2 heterocycles. The Kier molecular flexibility index (Phi) is 5.58. The van der Waals surface area contributed by atoms with Gasteiger partial charge in [0.1, 0.15) is 0 Å². The third kappa shape index (κ3) is 3.65. The highest BCUT2D eigenvalue weighted by atomic mass is 79.9. The van der Waals surface area contributed by atoms with Crippen molar-refractivity contribution < 1.29 is 0 Å². The number of para-hydroxylation sites is 1. The van der Waals surface area contributed by atoms with E-state index in [0.29, 0.717) is 11.8 Å². The monoisotopic (exact) mass is 595 g/mol.